The van der Waals surface area contributed by atoms with Gasteiger partial charge < -0.3 is 9.73 Å². The van der Waals surface area contributed by atoms with E-state index in [9.17, 15) is 0 Å². The molecule has 0 saturated carbocycles. The van der Waals surface area contributed by atoms with Crippen molar-refractivity contribution in [2.75, 3.05) is 6.54 Å². The quantitative estimate of drug-likeness (QED) is 0.861. The van der Waals surface area contributed by atoms with Gasteiger partial charge in [-0.15, -0.1) is 0 Å². The maximum absolute atomic E-state index is 5.74. The summed E-state index contributed by atoms with van der Waals surface area (Å²) in [5.74, 6) is 0.925. The Morgan fingerprint density at radius 3 is 2.82 bits per heavy atom. The minimum atomic E-state index is 0.508. The van der Waals surface area contributed by atoms with E-state index in [2.05, 4.69) is 44.3 Å². The zero-order valence-electron chi connectivity index (χ0n) is 10.7. The molecule has 90 valence electrons. The summed E-state index contributed by atoms with van der Waals surface area (Å²) < 4.78 is 5.74. The minimum absolute atomic E-state index is 0.508. The van der Waals surface area contributed by atoms with Crippen LogP contribution in [0.5, 0.6) is 0 Å². The zero-order valence-corrected chi connectivity index (χ0v) is 10.7. The van der Waals surface area contributed by atoms with Crippen molar-refractivity contribution in [1.29, 1.82) is 0 Å². The molecule has 2 nitrogen and oxygen atoms in total. The normalized spacial score (nSPS) is 12.6. The van der Waals surface area contributed by atoms with Crippen molar-refractivity contribution < 1.29 is 4.42 Å². The van der Waals surface area contributed by atoms with E-state index in [0.717, 1.165) is 23.3 Å². The van der Waals surface area contributed by atoms with Crippen LogP contribution in [0.4, 0.5) is 0 Å². The molecule has 0 bridgehead atoms. The van der Waals surface area contributed by atoms with E-state index in [-0.39, 0.29) is 0 Å². The number of fused-ring (bicyclic) bond motifs is 1. The molecule has 1 N–H and O–H groups in total. The number of rotatable bonds is 4. The van der Waals surface area contributed by atoms with Crippen molar-refractivity contribution in [2.45, 2.75) is 26.8 Å². The maximum atomic E-state index is 5.74. The first-order valence-corrected chi connectivity index (χ1v) is 6.04. The molecule has 0 spiro atoms. The molecule has 0 unspecified atom stereocenters. The molecule has 0 saturated heterocycles. The van der Waals surface area contributed by atoms with Crippen molar-refractivity contribution in [3.05, 3.63) is 41.7 Å². The fourth-order valence-corrected chi connectivity index (χ4v) is 1.73. The lowest BCUT2D eigenvalue weighted by Crippen LogP contribution is -2.24. The highest BCUT2D eigenvalue weighted by Crippen LogP contribution is 2.20. The molecule has 0 aliphatic rings. The van der Waals surface area contributed by atoms with Crippen molar-refractivity contribution in [2.24, 2.45) is 0 Å². The second-order valence-electron chi connectivity index (χ2n) is 4.71. The van der Waals surface area contributed by atoms with Crippen LogP contribution in [0.25, 0.3) is 17.0 Å². The summed E-state index contributed by atoms with van der Waals surface area (Å²) in [6.07, 6.45) is 2.09. The molecule has 0 fully saturated rings. The van der Waals surface area contributed by atoms with Gasteiger partial charge in [0.05, 0.1) is 0 Å². The highest BCUT2D eigenvalue weighted by molar-refractivity contribution is 5.79. The first-order valence-electron chi connectivity index (χ1n) is 6.04. The Morgan fingerprint density at radius 1 is 1.35 bits per heavy atom. The Labute approximate surface area is 102 Å². The van der Waals surface area contributed by atoms with Crippen molar-refractivity contribution in [3.63, 3.8) is 0 Å². The highest BCUT2D eigenvalue weighted by atomic mass is 16.3. The monoisotopic (exact) mass is 229 g/mol. The summed E-state index contributed by atoms with van der Waals surface area (Å²) >= 11 is 0. The summed E-state index contributed by atoms with van der Waals surface area (Å²) in [6.45, 7) is 7.31. The van der Waals surface area contributed by atoms with Crippen LogP contribution in [0, 0.1) is 0 Å². The van der Waals surface area contributed by atoms with Crippen LogP contribution in [0.2, 0.25) is 0 Å². The van der Waals surface area contributed by atoms with Gasteiger partial charge in [-0.1, -0.05) is 37.6 Å². The van der Waals surface area contributed by atoms with Crippen LogP contribution < -0.4 is 5.32 Å². The van der Waals surface area contributed by atoms with Gasteiger partial charge in [0.1, 0.15) is 11.3 Å². The average Bonchev–Trinajstić information content (AvgIpc) is 2.68. The maximum Gasteiger partial charge on any atom is 0.134 e. The zero-order chi connectivity index (χ0) is 12.3. The van der Waals surface area contributed by atoms with E-state index in [1.165, 1.54) is 5.57 Å². The molecule has 0 aliphatic heterocycles. The summed E-state index contributed by atoms with van der Waals surface area (Å²) in [6, 6.07) is 10.7. The lowest BCUT2D eigenvalue weighted by Gasteiger charge is -2.07. The lowest BCUT2D eigenvalue weighted by atomic mass is 10.2. The van der Waals surface area contributed by atoms with E-state index in [1.807, 2.05) is 18.2 Å². The number of furan rings is 1. The van der Waals surface area contributed by atoms with E-state index >= 15 is 0 Å². The first kappa shape index (κ1) is 11.9. The van der Waals surface area contributed by atoms with E-state index in [1.54, 1.807) is 0 Å². The largest absolute Gasteiger partial charge is 0.457 e. The van der Waals surface area contributed by atoms with E-state index in [0.29, 0.717) is 6.04 Å². The van der Waals surface area contributed by atoms with Gasteiger partial charge >= 0.3 is 0 Å². The summed E-state index contributed by atoms with van der Waals surface area (Å²) in [7, 11) is 0. The summed E-state index contributed by atoms with van der Waals surface area (Å²) in [4.78, 5) is 0. The predicted octanol–water partition coefficient (Wildman–Crippen LogP) is 3.83. The topological polar surface area (TPSA) is 25.2 Å². The average molecular weight is 229 g/mol. The molecule has 1 heterocycles. The van der Waals surface area contributed by atoms with Crippen LogP contribution in [0.3, 0.4) is 0 Å². The molecule has 0 aliphatic carbocycles. The van der Waals surface area contributed by atoms with Gasteiger partial charge in [-0.2, -0.15) is 0 Å². The molecule has 0 atom stereocenters. The van der Waals surface area contributed by atoms with Crippen LogP contribution in [0.15, 0.2) is 40.3 Å². The second-order valence-corrected chi connectivity index (χ2v) is 4.71. The fraction of sp³-hybridized carbons (Fsp3) is 0.333. The molecule has 1 aromatic carbocycles. The third kappa shape index (κ3) is 3.21. The second kappa shape index (κ2) is 5.19. The first-order chi connectivity index (χ1) is 8.15. The van der Waals surface area contributed by atoms with Gasteiger partial charge in [0, 0.05) is 18.0 Å². The van der Waals surface area contributed by atoms with Crippen molar-refractivity contribution in [3.8, 4) is 0 Å². The predicted molar refractivity (Wildman–Crippen MR) is 73.0 cm³/mol. The highest BCUT2D eigenvalue weighted by Gasteiger charge is 2.01. The molecular formula is C15H19NO. The van der Waals surface area contributed by atoms with Crippen molar-refractivity contribution in [1.82, 2.24) is 5.32 Å². The smallest absolute Gasteiger partial charge is 0.134 e. The van der Waals surface area contributed by atoms with Gasteiger partial charge in [-0.05, 0) is 25.1 Å². The number of hydrogen-bond donors (Lipinski definition) is 1. The van der Waals surface area contributed by atoms with Gasteiger partial charge in [-0.25, -0.2) is 0 Å². The Kier molecular flexibility index (Phi) is 3.64. The number of nitrogens with one attached hydrogen (secondary N) is 1. The molecule has 0 amide bonds. The fourth-order valence-electron chi connectivity index (χ4n) is 1.73. The van der Waals surface area contributed by atoms with Gasteiger partial charge in [0.25, 0.3) is 0 Å². The van der Waals surface area contributed by atoms with Crippen LogP contribution >= 0.6 is 0 Å². The summed E-state index contributed by atoms with van der Waals surface area (Å²) in [5, 5.41) is 4.55. The molecule has 2 heteroatoms. The van der Waals surface area contributed by atoms with Crippen LogP contribution in [-0.2, 0) is 0 Å². The molecule has 2 aromatic rings. The standard InChI is InChI=1S/C15H19NO/c1-11(2)16-10-12(3)8-14-9-13-6-4-5-7-15(13)17-14/h4-9,11,16H,10H2,1-3H3. The van der Waals surface area contributed by atoms with Crippen molar-refractivity contribution >= 4 is 17.0 Å². The lowest BCUT2D eigenvalue weighted by molar-refractivity contribution is 0.600. The van der Waals surface area contributed by atoms with E-state index < -0.39 is 0 Å². The molecule has 17 heavy (non-hydrogen) atoms. The Morgan fingerprint density at radius 2 is 2.12 bits per heavy atom. The van der Waals surface area contributed by atoms with Crippen LogP contribution in [-0.4, -0.2) is 12.6 Å². The van der Waals surface area contributed by atoms with E-state index in [4.69, 9.17) is 4.42 Å². The Hall–Kier alpha value is -1.54. The van der Waals surface area contributed by atoms with Gasteiger partial charge in [0.2, 0.25) is 0 Å². The molecule has 2 rings (SSSR count). The third-order valence-electron chi connectivity index (χ3n) is 2.62. The Bertz CT molecular complexity index is 489. The number of hydrogen-bond acceptors (Lipinski definition) is 2. The minimum Gasteiger partial charge on any atom is -0.457 e. The molecule has 0 radical (unpaired) electrons. The number of benzene rings is 1. The SMILES string of the molecule is CC(=Cc1cc2ccccc2o1)CNC(C)C. The third-order valence-corrected chi connectivity index (χ3v) is 2.62. The molecular weight excluding hydrogens is 210 g/mol. The summed E-state index contributed by atoms with van der Waals surface area (Å²) in [5.41, 5.74) is 2.22. The number of para-hydroxylation sites is 1. The molecule has 1 aromatic heterocycles. The van der Waals surface area contributed by atoms with Crippen LogP contribution in [0.1, 0.15) is 26.5 Å². The van der Waals surface area contributed by atoms with Gasteiger partial charge in [-0.3, -0.25) is 0 Å². The Balaban J connectivity index is 2.14. The van der Waals surface area contributed by atoms with Gasteiger partial charge in [0.15, 0.2) is 0 Å².